The maximum absolute atomic E-state index is 12.1. The molecule has 5 heteroatoms. The highest BCUT2D eigenvalue weighted by Crippen LogP contribution is 2.14. The topological polar surface area (TPSA) is 53.9 Å². The molecule has 1 aromatic rings. The van der Waals surface area contributed by atoms with Gasteiger partial charge in [-0.15, -0.1) is 0 Å². The lowest BCUT2D eigenvalue weighted by Gasteiger charge is -2.26. The number of amides is 1. The molecule has 118 valence electrons. The Kier molecular flexibility index (Phi) is 5.19. The van der Waals surface area contributed by atoms with Crippen molar-refractivity contribution < 1.29 is 9.53 Å². The molecule has 2 fully saturated rings. The van der Waals surface area contributed by atoms with Gasteiger partial charge < -0.3 is 4.74 Å². The Labute approximate surface area is 131 Å². The second kappa shape index (κ2) is 7.51. The normalized spacial score (nSPS) is 19.2. The fourth-order valence-electron chi connectivity index (χ4n) is 2.87. The lowest BCUT2D eigenvalue weighted by Crippen LogP contribution is -2.35. The van der Waals surface area contributed by atoms with Gasteiger partial charge in [0.25, 0.3) is 5.91 Å². The molecule has 0 radical (unpaired) electrons. The van der Waals surface area contributed by atoms with E-state index in [4.69, 9.17) is 4.74 Å². The molecule has 1 aliphatic carbocycles. The van der Waals surface area contributed by atoms with E-state index in [2.05, 4.69) is 15.4 Å². The molecule has 1 aliphatic heterocycles. The van der Waals surface area contributed by atoms with Crippen LogP contribution in [-0.2, 0) is 11.3 Å². The lowest BCUT2D eigenvalue weighted by atomic mass is 10.1. The standard InChI is InChI=1S/C17H23N3O2/c21-17(19-18-16-3-1-2-4-16)15-7-5-14(6-8-15)13-20-9-11-22-12-10-20/h5-8H,1-4,9-13H2,(H,19,21). The van der Waals surface area contributed by atoms with Crippen LogP contribution in [0, 0.1) is 0 Å². The van der Waals surface area contributed by atoms with Crippen molar-refractivity contribution in [3.8, 4) is 0 Å². The highest BCUT2D eigenvalue weighted by Gasteiger charge is 2.12. The third-order valence-corrected chi connectivity index (χ3v) is 4.22. The molecule has 0 bridgehead atoms. The smallest absolute Gasteiger partial charge is 0.271 e. The summed E-state index contributed by atoms with van der Waals surface area (Å²) in [4.78, 5) is 14.4. The number of benzene rings is 1. The molecular weight excluding hydrogens is 278 g/mol. The van der Waals surface area contributed by atoms with Gasteiger partial charge in [-0.1, -0.05) is 12.1 Å². The molecule has 0 unspecified atom stereocenters. The van der Waals surface area contributed by atoms with Gasteiger partial charge in [-0.25, -0.2) is 5.43 Å². The average Bonchev–Trinajstić information content (AvgIpc) is 3.08. The Balaban J connectivity index is 1.53. The molecule has 1 saturated heterocycles. The second-order valence-corrected chi connectivity index (χ2v) is 5.91. The van der Waals surface area contributed by atoms with Gasteiger partial charge in [0, 0.05) is 30.9 Å². The SMILES string of the molecule is O=C(NN=C1CCCC1)c1ccc(CN2CCOCC2)cc1. The van der Waals surface area contributed by atoms with Crippen LogP contribution in [0.3, 0.4) is 0 Å². The zero-order valence-corrected chi connectivity index (χ0v) is 12.9. The number of hydrogen-bond donors (Lipinski definition) is 1. The minimum Gasteiger partial charge on any atom is -0.379 e. The van der Waals surface area contributed by atoms with Crippen LogP contribution < -0.4 is 5.43 Å². The molecular formula is C17H23N3O2. The molecule has 2 aliphatic rings. The van der Waals surface area contributed by atoms with Crippen LogP contribution in [0.25, 0.3) is 0 Å². The molecule has 1 amide bonds. The number of rotatable bonds is 4. The lowest BCUT2D eigenvalue weighted by molar-refractivity contribution is 0.0342. The van der Waals surface area contributed by atoms with Gasteiger partial charge in [0.1, 0.15) is 0 Å². The number of carbonyl (C=O) groups excluding carboxylic acids is 1. The van der Waals surface area contributed by atoms with Crippen LogP contribution in [0.5, 0.6) is 0 Å². The summed E-state index contributed by atoms with van der Waals surface area (Å²) in [5, 5.41) is 4.21. The van der Waals surface area contributed by atoms with Crippen LogP contribution in [0.4, 0.5) is 0 Å². The Bertz CT molecular complexity index is 525. The third kappa shape index (κ3) is 4.15. The van der Waals surface area contributed by atoms with E-state index in [-0.39, 0.29) is 5.91 Å². The van der Waals surface area contributed by atoms with Crippen LogP contribution >= 0.6 is 0 Å². The molecule has 1 aromatic carbocycles. The van der Waals surface area contributed by atoms with Gasteiger partial charge in [-0.2, -0.15) is 5.10 Å². The first kappa shape index (κ1) is 15.2. The molecule has 0 spiro atoms. The van der Waals surface area contributed by atoms with E-state index in [1.54, 1.807) is 0 Å². The first-order valence-electron chi connectivity index (χ1n) is 8.06. The Morgan fingerprint density at radius 3 is 2.50 bits per heavy atom. The molecule has 0 aromatic heterocycles. The van der Waals surface area contributed by atoms with E-state index in [0.29, 0.717) is 5.56 Å². The molecule has 1 saturated carbocycles. The molecule has 1 heterocycles. The fraction of sp³-hybridized carbons (Fsp3) is 0.529. The third-order valence-electron chi connectivity index (χ3n) is 4.22. The van der Waals surface area contributed by atoms with Crippen molar-refractivity contribution in [3.05, 3.63) is 35.4 Å². The Morgan fingerprint density at radius 2 is 1.82 bits per heavy atom. The summed E-state index contributed by atoms with van der Waals surface area (Å²) in [5.41, 5.74) is 5.66. The van der Waals surface area contributed by atoms with Crippen molar-refractivity contribution in [3.63, 3.8) is 0 Å². The van der Waals surface area contributed by atoms with E-state index in [0.717, 1.165) is 51.4 Å². The van der Waals surface area contributed by atoms with Crippen molar-refractivity contribution in [2.24, 2.45) is 5.10 Å². The zero-order chi connectivity index (χ0) is 15.2. The Morgan fingerprint density at radius 1 is 1.14 bits per heavy atom. The van der Waals surface area contributed by atoms with E-state index >= 15 is 0 Å². The summed E-state index contributed by atoms with van der Waals surface area (Å²) in [6, 6.07) is 7.79. The quantitative estimate of drug-likeness (QED) is 0.867. The van der Waals surface area contributed by atoms with Crippen LogP contribution in [-0.4, -0.2) is 42.8 Å². The minimum atomic E-state index is -0.127. The second-order valence-electron chi connectivity index (χ2n) is 5.91. The molecule has 0 atom stereocenters. The molecule has 5 nitrogen and oxygen atoms in total. The van der Waals surface area contributed by atoms with Gasteiger partial charge in [-0.05, 0) is 43.4 Å². The summed E-state index contributed by atoms with van der Waals surface area (Å²) < 4.78 is 5.35. The summed E-state index contributed by atoms with van der Waals surface area (Å²) in [6.07, 6.45) is 4.40. The molecule has 22 heavy (non-hydrogen) atoms. The van der Waals surface area contributed by atoms with Crippen molar-refractivity contribution >= 4 is 11.6 Å². The van der Waals surface area contributed by atoms with Crippen LogP contribution in [0.2, 0.25) is 0 Å². The maximum atomic E-state index is 12.1. The van der Waals surface area contributed by atoms with Gasteiger partial charge in [0.05, 0.1) is 13.2 Å². The maximum Gasteiger partial charge on any atom is 0.271 e. The van der Waals surface area contributed by atoms with Crippen molar-refractivity contribution in [2.45, 2.75) is 32.2 Å². The van der Waals surface area contributed by atoms with Crippen molar-refractivity contribution in [1.29, 1.82) is 0 Å². The number of nitrogens with one attached hydrogen (secondary N) is 1. The molecule has 1 N–H and O–H groups in total. The summed E-state index contributed by atoms with van der Waals surface area (Å²) in [6.45, 7) is 4.47. The zero-order valence-electron chi connectivity index (χ0n) is 12.9. The fourth-order valence-corrected chi connectivity index (χ4v) is 2.87. The average molecular weight is 301 g/mol. The van der Waals surface area contributed by atoms with Crippen LogP contribution in [0.1, 0.15) is 41.6 Å². The van der Waals surface area contributed by atoms with Crippen molar-refractivity contribution in [1.82, 2.24) is 10.3 Å². The van der Waals surface area contributed by atoms with Crippen molar-refractivity contribution in [2.75, 3.05) is 26.3 Å². The van der Waals surface area contributed by atoms with E-state index in [1.807, 2.05) is 24.3 Å². The first-order chi connectivity index (χ1) is 10.8. The summed E-state index contributed by atoms with van der Waals surface area (Å²) >= 11 is 0. The number of hydrazone groups is 1. The Hall–Kier alpha value is -1.72. The largest absolute Gasteiger partial charge is 0.379 e. The monoisotopic (exact) mass is 301 g/mol. The highest BCUT2D eigenvalue weighted by molar-refractivity contribution is 5.95. The van der Waals surface area contributed by atoms with Gasteiger partial charge >= 0.3 is 0 Å². The number of morpholine rings is 1. The van der Waals surface area contributed by atoms with Gasteiger partial charge in [-0.3, -0.25) is 9.69 Å². The molecule has 3 rings (SSSR count). The minimum absolute atomic E-state index is 0.127. The van der Waals surface area contributed by atoms with Gasteiger partial charge in [0.15, 0.2) is 0 Å². The highest BCUT2D eigenvalue weighted by atomic mass is 16.5. The van der Waals surface area contributed by atoms with Crippen LogP contribution in [0.15, 0.2) is 29.4 Å². The number of ether oxygens (including phenoxy) is 1. The predicted molar refractivity (Wildman–Crippen MR) is 85.9 cm³/mol. The van der Waals surface area contributed by atoms with E-state index in [1.165, 1.54) is 18.4 Å². The van der Waals surface area contributed by atoms with Gasteiger partial charge in [0.2, 0.25) is 0 Å². The summed E-state index contributed by atoms with van der Waals surface area (Å²) in [7, 11) is 0. The van der Waals surface area contributed by atoms with E-state index < -0.39 is 0 Å². The first-order valence-corrected chi connectivity index (χ1v) is 8.06. The number of carbonyl (C=O) groups is 1. The number of nitrogens with zero attached hydrogens (tertiary/aromatic N) is 2. The van der Waals surface area contributed by atoms with E-state index in [9.17, 15) is 4.79 Å². The number of hydrogen-bond acceptors (Lipinski definition) is 4. The summed E-state index contributed by atoms with van der Waals surface area (Å²) in [5.74, 6) is -0.127. The predicted octanol–water partition coefficient (Wildman–Crippen LogP) is 2.18.